The van der Waals surface area contributed by atoms with E-state index in [1.807, 2.05) is 54.6 Å². The molecule has 0 aliphatic rings. The van der Waals surface area contributed by atoms with E-state index in [-0.39, 0.29) is 16.8 Å². The lowest BCUT2D eigenvalue weighted by Gasteiger charge is -2.11. The molecule has 0 fully saturated rings. The molecule has 0 saturated carbocycles. The number of fused-ring (bicyclic) bond motifs is 1. The van der Waals surface area contributed by atoms with Gasteiger partial charge < -0.3 is 15.4 Å². The Morgan fingerprint density at radius 3 is 2.47 bits per heavy atom. The normalized spacial score (nSPS) is 11.2. The monoisotopic (exact) mass is 524 g/mol. The van der Waals surface area contributed by atoms with Crippen LogP contribution >= 0.6 is 0 Å². The molecule has 8 nitrogen and oxygen atoms in total. The summed E-state index contributed by atoms with van der Waals surface area (Å²) in [6.07, 6.45) is 2.72. The van der Waals surface area contributed by atoms with E-state index in [0.717, 1.165) is 16.5 Å². The summed E-state index contributed by atoms with van der Waals surface area (Å²) in [6, 6.07) is 26.9. The number of rotatable bonds is 7. The largest absolute Gasteiger partial charge is 0.439 e. The molecule has 5 aromatic rings. The van der Waals surface area contributed by atoms with Gasteiger partial charge in [-0.05, 0) is 71.8 Å². The minimum Gasteiger partial charge on any atom is -0.439 e. The Hall–Kier alpha value is -4.76. The van der Waals surface area contributed by atoms with E-state index in [4.69, 9.17) is 4.74 Å². The van der Waals surface area contributed by atoms with Crippen molar-refractivity contribution < 1.29 is 17.9 Å². The molecule has 1 amide bonds. The quantitative estimate of drug-likeness (QED) is 0.263. The number of hydrogen-bond donors (Lipinski definition) is 2. The van der Waals surface area contributed by atoms with Gasteiger partial charge in [-0.25, -0.2) is 13.4 Å². The van der Waals surface area contributed by atoms with Gasteiger partial charge in [-0.2, -0.15) is 4.98 Å². The third-order valence-electron chi connectivity index (χ3n) is 5.82. The predicted molar refractivity (Wildman–Crippen MR) is 148 cm³/mol. The maximum absolute atomic E-state index is 12.9. The first-order valence-electron chi connectivity index (χ1n) is 11.7. The van der Waals surface area contributed by atoms with Crippen LogP contribution in [-0.4, -0.2) is 30.5 Å². The van der Waals surface area contributed by atoms with Gasteiger partial charge in [0.2, 0.25) is 11.8 Å². The molecular weight excluding hydrogens is 500 g/mol. The molecular formula is C29H24N4O4S. The lowest BCUT2D eigenvalue weighted by atomic mass is 10.0. The second-order valence-electron chi connectivity index (χ2n) is 8.71. The van der Waals surface area contributed by atoms with Crippen LogP contribution in [0.15, 0.2) is 102 Å². The Morgan fingerprint density at radius 1 is 0.868 bits per heavy atom. The van der Waals surface area contributed by atoms with Crippen LogP contribution in [0.5, 0.6) is 11.6 Å². The topological polar surface area (TPSA) is 110 Å². The van der Waals surface area contributed by atoms with Crippen LogP contribution in [0.3, 0.4) is 0 Å². The van der Waals surface area contributed by atoms with Crippen LogP contribution in [0.2, 0.25) is 0 Å². The van der Waals surface area contributed by atoms with Gasteiger partial charge in [-0.15, -0.1) is 0 Å². The Labute approximate surface area is 220 Å². The Balaban J connectivity index is 1.35. The fourth-order valence-electron chi connectivity index (χ4n) is 4.03. The molecule has 0 atom stereocenters. The van der Waals surface area contributed by atoms with Crippen LogP contribution in [0.25, 0.3) is 10.8 Å². The lowest BCUT2D eigenvalue weighted by Crippen LogP contribution is -2.12. The highest BCUT2D eigenvalue weighted by Crippen LogP contribution is 2.28. The van der Waals surface area contributed by atoms with Crippen molar-refractivity contribution in [2.45, 2.75) is 11.8 Å². The summed E-state index contributed by atoms with van der Waals surface area (Å²) in [7, 11) is -3.37. The van der Waals surface area contributed by atoms with Crippen LogP contribution in [0.1, 0.15) is 15.9 Å². The molecule has 0 radical (unpaired) electrons. The first-order valence-corrected chi connectivity index (χ1v) is 13.6. The Morgan fingerprint density at radius 2 is 1.68 bits per heavy atom. The number of benzene rings is 4. The van der Waals surface area contributed by atoms with E-state index in [9.17, 15) is 13.2 Å². The highest BCUT2D eigenvalue weighted by molar-refractivity contribution is 7.90. The summed E-state index contributed by atoms with van der Waals surface area (Å²) in [5, 5.41) is 7.57. The number of carbonyl (C=O) groups is 1. The van der Waals surface area contributed by atoms with Crippen molar-refractivity contribution in [1.82, 2.24) is 9.97 Å². The minimum absolute atomic E-state index is 0.197. The van der Waals surface area contributed by atoms with Gasteiger partial charge in [-0.3, -0.25) is 4.79 Å². The zero-order valence-corrected chi connectivity index (χ0v) is 21.5. The molecule has 0 aliphatic carbocycles. The minimum atomic E-state index is -3.37. The first kappa shape index (κ1) is 24.9. The Kier molecular flexibility index (Phi) is 6.76. The van der Waals surface area contributed by atoms with Crippen molar-refractivity contribution >= 4 is 43.8 Å². The van der Waals surface area contributed by atoms with E-state index in [2.05, 4.69) is 20.6 Å². The van der Waals surface area contributed by atoms with E-state index < -0.39 is 9.84 Å². The zero-order valence-electron chi connectivity index (χ0n) is 20.7. The summed E-state index contributed by atoms with van der Waals surface area (Å²) in [5.41, 5.74) is 2.48. The maximum Gasteiger partial charge on any atom is 0.256 e. The molecule has 0 aliphatic heterocycles. The Bertz CT molecular complexity index is 1760. The van der Waals surface area contributed by atoms with Crippen molar-refractivity contribution in [1.29, 1.82) is 0 Å². The smallest absolute Gasteiger partial charge is 0.256 e. The molecule has 0 saturated heterocycles. The highest BCUT2D eigenvalue weighted by Gasteiger charge is 2.13. The summed E-state index contributed by atoms with van der Waals surface area (Å²) < 4.78 is 30.1. The van der Waals surface area contributed by atoms with E-state index in [0.29, 0.717) is 28.4 Å². The SMILES string of the molecule is Cc1ccc(Nc2nccc(Oc3ccc4c(C(=O)Nc5ccccc5)cccc4c3)n2)cc1S(C)(=O)=O. The highest BCUT2D eigenvalue weighted by atomic mass is 32.2. The summed E-state index contributed by atoms with van der Waals surface area (Å²) in [4.78, 5) is 21.7. The summed E-state index contributed by atoms with van der Waals surface area (Å²) >= 11 is 0. The van der Waals surface area contributed by atoms with Gasteiger partial charge in [0, 0.05) is 35.5 Å². The molecule has 2 N–H and O–H groups in total. The van der Waals surface area contributed by atoms with Crippen LogP contribution in [-0.2, 0) is 9.84 Å². The average Bonchev–Trinajstić information content (AvgIpc) is 2.89. The van der Waals surface area contributed by atoms with Gasteiger partial charge in [0.25, 0.3) is 5.91 Å². The number of aryl methyl sites for hydroxylation is 1. The predicted octanol–water partition coefficient (Wildman–Crippen LogP) is 6.13. The molecule has 1 aromatic heterocycles. The second-order valence-corrected chi connectivity index (χ2v) is 10.7. The molecule has 0 bridgehead atoms. The summed E-state index contributed by atoms with van der Waals surface area (Å²) in [6.45, 7) is 1.74. The maximum atomic E-state index is 12.9. The van der Waals surface area contributed by atoms with Gasteiger partial charge in [0.05, 0.1) is 4.90 Å². The molecule has 9 heteroatoms. The lowest BCUT2D eigenvalue weighted by molar-refractivity contribution is 0.102. The number of para-hydroxylation sites is 1. The standard InChI is InChI=1S/C29H24N4O4S/c1-19-11-12-22(18-26(19)38(2,35)36)32-29-30-16-15-27(33-29)37-23-13-14-24-20(17-23)7-6-10-25(24)28(34)31-21-8-4-3-5-9-21/h3-18H,1-2H3,(H,31,34)(H,30,32,33). The summed E-state index contributed by atoms with van der Waals surface area (Å²) in [5.74, 6) is 0.899. The van der Waals surface area contributed by atoms with E-state index in [1.54, 1.807) is 49.5 Å². The number of nitrogens with one attached hydrogen (secondary N) is 2. The number of aromatic nitrogens is 2. The van der Waals surface area contributed by atoms with Crippen LogP contribution in [0.4, 0.5) is 17.3 Å². The van der Waals surface area contributed by atoms with Crippen molar-refractivity contribution in [3.8, 4) is 11.6 Å². The average molecular weight is 525 g/mol. The fraction of sp³-hybridized carbons (Fsp3) is 0.0690. The van der Waals surface area contributed by atoms with Gasteiger partial charge >= 0.3 is 0 Å². The first-order chi connectivity index (χ1) is 18.3. The van der Waals surface area contributed by atoms with Gasteiger partial charge in [0.1, 0.15) is 5.75 Å². The van der Waals surface area contributed by atoms with Crippen molar-refractivity contribution in [2.75, 3.05) is 16.9 Å². The number of ether oxygens (including phenoxy) is 1. The number of sulfone groups is 1. The van der Waals surface area contributed by atoms with Crippen molar-refractivity contribution in [3.63, 3.8) is 0 Å². The molecule has 0 spiro atoms. The van der Waals surface area contributed by atoms with Gasteiger partial charge in [-0.1, -0.05) is 36.4 Å². The second kappa shape index (κ2) is 10.3. The van der Waals surface area contributed by atoms with Crippen LogP contribution in [0, 0.1) is 6.92 Å². The van der Waals surface area contributed by atoms with E-state index in [1.165, 1.54) is 6.26 Å². The molecule has 4 aromatic carbocycles. The van der Waals surface area contributed by atoms with Crippen molar-refractivity contribution in [3.05, 3.63) is 108 Å². The van der Waals surface area contributed by atoms with Gasteiger partial charge in [0.15, 0.2) is 9.84 Å². The molecule has 38 heavy (non-hydrogen) atoms. The molecule has 0 unspecified atom stereocenters. The number of carbonyl (C=O) groups excluding carboxylic acids is 1. The fourth-order valence-corrected chi connectivity index (χ4v) is 5.02. The van der Waals surface area contributed by atoms with Crippen LogP contribution < -0.4 is 15.4 Å². The molecule has 5 rings (SSSR count). The molecule has 190 valence electrons. The number of nitrogens with zero attached hydrogens (tertiary/aromatic N) is 2. The number of amides is 1. The number of anilines is 3. The third kappa shape index (κ3) is 5.63. The number of hydrogen-bond acceptors (Lipinski definition) is 7. The third-order valence-corrected chi connectivity index (χ3v) is 7.06. The molecule has 1 heterocycles. The van der Waals surface area contributed by atoms with E-state index >= 15 is 0 Å². The zero-order chi connectivity index (χ0) is 26.7. The van der Waals surface area contributed by atoms with Crippen molar-refractivity contribution in [2.24, 2.45) is 0 Å².